The second-order valence-electron chi connectivity index (χ2n) is 14.5. The molecule has 4 saturated carbocycles. The Balaban J connectivity index is 1.55. The number of aliphatic hydroxyl groups excluding tert-OH is 2. The molecule has 2 unspecified atom stereocenters. The standard InChI is InChI=1S/C30H50O2/c1-19-10-15-30(18-31)17-16-28(6)21(25(30)20(19)2)8-9-23-27(5)13-12-24(32)26(3,4)22(27)11-14-29(23,28)7/h10,20-25,31-32H,8-9,11-18H2,1-7H3/t20-,21?,22+,23-,24?,25-,27+,28-,29-,30-/m1/s1. The predicted molar refractivity (Wildman–Crippen MR) is 132 cm³/mol. The van der Waals surface area contributed by atoms with Crippen molar-refractivity contribution in [3.05, 3.63) is 11.6 Å². The van der Waals surface area contributed by atoms with Crippen LogP contribution in [0, 0.1) is 56.7 Å². The summed E-state index contributed by atoms with van der Waals surface area (Å²) in [5, 5.41) is 21.6. The fraction of sp³-hybridized carbons (Fsp3) is 0.933. The molecule has 0 aromatic rings. The summed E-state index contributed by atoms with van der Waals surface area (Å²) in [6.07, 6.45) is 13.3. The summed E-state index contributed by atoms with van der Waals surface area (Å²) < 4.78 is 0. The highest BCUT2D eigenvalue weighted by molar-refractivity contribution is 5.23. The van der Waals surface area contributed by atoms with Crippen molar-refractivity contribution in [3.8, 4) is 0 Å². The molecule has 2 N–H and O–H groups in total. The lowest BCUT2D eigenvalue weighted by molar-refractivity contribution is -0.254. The molecule has 0 saturated heterocycles. The number of hydrogen-bond acceptors (Lipinski definition) is 2. The zero-order chi connectivity index (χ0) is 23.3. The van der Waals surface area contributed by atoms with Crippen molar-refractivity contribution in [2.75, 3.05) is 6.61 Å². The Morgan fingerprint density at radius 3 is 2.28 bits per heavy atom. The molecule has 0 radical (unpaired) electrons. The summed E-state index contributed by atoms with van der Waals surface area (Å²) in [6.45, 7) is 17.9. The van der Waals surface area contributed by atoms with E-state index < -0.39 is 0 Å². The quantitative estimate of drug-likeness (QED) is 0.429. The van der Waals surface area contributed by atoms with Gasteiger partial charge in [-0.05, 0) is 116 Å². The van der Waals surface area contributed by atoms with E-state index in [0.717, 1.165) is 24.7 Å². The van der Waals surface area contributed by atoms with Crippen molar-refractivity contribution in [1.29, 1.82) is 0 Å². The van der Waals surface area contributed by atoms with Crippen LogP contribution < -0.4 is 0 Å². The molecule has 182 valence electrons. The molecule has 0 bridgehead atoms. The van der Waals surface area contributed by atoms with Gasteiger partial charge in [0.2, 0.25) is 0 Å². The summed E-state index contributed by atoms with van der Waals surface area (Å²) >= 11 is 0. The van der Waals surface area contributed by atoms with Gasteiger partial charge in [-0.15, -0.1) is 0 Å². The highest BCUT2D eigenvalue weighted by Crippen LogP contribution is 2.76. The lowest BCUT2D eigenvalue weighted by Gasteiger charge is -2.73. The molecule has 5 rings (SSSR count). The first-order chi connectivity index (χ1) is 14.9. The van der Waals surface area contributed by atoms with E-state index in [2.05, 4.69) is 54.5 Å². The van der Waals surface area contributed by atoms with E-state index in [1.807, 2.05) is 0 Å². The van der Waals surface area contributed by atoms with Crippen LogP contribution in [-0.2, 0) is 0 Å². The Morgan fingerprint density at radius 1 is 0.875 bits per heavy atom. The van der Waals surface area contributed by atoms with Crippen molar-refractivity contribution >= 4 is 0 Å². The van der Waals surface area contributed by atoms with Crippen molar-refractivity contribution in [2.45, 2.75) is 112 Å². The van der Waals surface area contributed by atoms with E-state index >= 15 is 0 Å². The first kappa shape index (κ1) is 23.4. The SMILES string of the molecule is CC1=CC[C@]2(CO)CC[C@]3(C)C(CC[C@@H]4[C@@]5(C)CCC(O)C(C)(C)[C@@H]5CC[C@]43C)[C@H]2[C@@H]1C. The zero-order valence-corrected chi connectivity index (χ0v) is 22.0. The molecule has 2 heteroatoms. The molecule has 2 nitrogen and oxygen atoms in total. The van der Waals surface area contributed by atoms with Crippen LogP contribution in [0.4, 0.5) is 0 Å². The maximum absolute atomic E-state index is 10.9. The van der Waals surface area contributed by atoms with E-state index in [0.29, 0.717) is 40.6 Å². The fourth-order valence-corrected chi connectivity index (χ4v) is 11.3. The zero-order valence-electron chi connectivity index (χ0n) is 22.0. The maximum atomic E-state index is 10.9. The lowest BCUT2D eigenvalue weighted by atomic mass is 9.31. The Labute approximate surface area is 197 Å². The normalized spacial score (nSPS) is 56.8. The first-order valence-corrected chi connectivity index (χ1v) is 13.8. The van der Waals surface area contributed by atoms with Crippen LogP contribution in [0.1, 0.15) is 106 Å². The molecule has 0 aliphatic heterocycles. The molecule has 4 fully saturated rings. The molecule has 0 aromatic heterocycles. The molecule has 0 spiro atoms. The maximum Gasteiger partial charge on any atom is 0.0594 e. The molecule has 0 aromatic carbocycles. The van der Waals surface area contributed by atoms with E-state index in [1.165, 1.54) is 44.9 Å². The molecular formula is C30H50O2. The van der Waals surface area contributed by atoms with Gasteiger partial charge in [-0.25, -0.2) is 0 Å². The fourth-order valence-electron chi connectivity index (χ4n) is 11.3. The van der Waals surface area contributed by atoms with E-state index in [4.69, 9.17) is 0 Å². The minimum atomic E-state index is -0.144. The average Bonchev–Trinajstić information content (AvgIpc) is 2.74. The van der Waals surface area contributed by atoms with E-state index in [9.17, 15) is 10.2 Å². The topological polar surface area (TPSA) is 40.5 Å². The average molecular weight is 443 g/mol. The van der Waals surface area contributed by atoms with Gasteiger partial charge in [0.1, 0.15) is 0 Å². The van der Waals surface area contributed by atoms with Gasteiger partial charge in [0.05, 0.1) is 6.10 Å². The minimum Gasteiger partial charge on any atom is -0.396 e. The third-order valence-corrected chi connectivity index (χ3v) is 13.6. The largest absolute Gasteiger partial charge is 0.396 e. The van der Waals surface area contributed by atoms with Gasteiger partial charge in [0.15, 0.2) is 0 Å². The van der Waals surface area contributed by atoms with Crippen LogP contribution in [0.15, 0.2) is 11.6 Å². The first-order valence-electron chi connectivity index (χ1n) is 13.8. The number of rotatable bonds is 1. The second kappa shape index (κ2) is 7.09. The summed E-state index contributed by atoms with van der Waals surface area (Å²) in [5.74, 6) is 3.35. The van der Waals surface area contributed by atoms with Crippen LogP contribution in [0.2, 0.25) is 0 Å². The highest BCUT2D eigenvalue weighted by atomic mass is 16.3. The second-order valence-corrected chi connectivity index (χ2v) is 14.5. The van der Waals surface area contributed by atoms with Crippen molar-refractivity contribution < 1.29 is 10.2 Å². The molecule has 5 aliphatic rings. The van der Waals surface area contributed by atoms with Gasteiger partial charge in [-0.2, -0.15) is 0 Å². The number of hydrogen-bond donors (Lipinski definition) is 2. The Bertz CT molecular complexity index is 799. The number of allylic oxidation sites excluding steroid dienone is 2. The van der Waals surface area contributed by atoms with Gasteiger partial charge in [-0.3, -0.25) is 0 Å². The van der Waals surface area contributed by atoms with Gasteiger partial charge in [-0.1, -0.05) is 53.2 Å². The van der Waals surface area contributed by atoms with Gasteiger partial charge >= 0.3 is 0 Å². The molecule has 5 aliphatic carbocycles. The molecule has 32 heavy (non-hydrogen) atoms. The van der Waals surface area contributed by atoms with Crippen LogP contribution in [0.5, 0.6) is 0 Å². The van der Waals surface area contributed by atoms with Crippen LogP contribution in [-0.4, -0.2) is 22.9 Å². The summed E-state index contributed by atoms with van der Waals surface area (Å²) in [6, 6.07) is 0. The monoisotopic (exact) mass is 442 g/mol. The van der Waals surface area contributed by atoms with Crippen molar-refractivity contribution in [2.24, 2.45) is 56.7 Å². The molecular weight excluding hydrogens is 392 g/mol. The molecule has 0 heterocycles. The minimum absolute atomic E-state index is 0.0322. The summed E-state index contributed by atoms with van der Waals surface area (Å²) in [4.78, 5) is 0. The van der Waals surface area contributed by atoms with Crippen LogP contribution in [0.3, 0.4) is 0 Å². The van der Waals surface area contributed by atoms with Crippen LogP contribution in [0.25, 0.3) is 0 Å². The van der Waals surface area contributed by atoms with Crippen molar-refractivity contribution in [3.63, 3.8) is 0 Å². The number of fused-ring (bicyclic) bond motifs is 7. The van der Waals surface area contributed by atoms with Gasteiger partial charge < -0.3 is 10.2 Å². The Morgan fingerprint density at radius 2 is 1.59 bits per heavy atom. The third-order valence-electron chi connectivity index (χ3n) is 13.6. The van der Waals surface area contributed by atoms with E-state index in [1.54, 1.807) is 5.57 Å². The lowest BCUT2D eigenvalue weighted by Crippen LogP contribution is -2.67. The van der Waals surface area contributed by atoms with Gasteiger partial charge in [0, 0.05) is 12.0 Å². The smallest absolute Gasteiger partial charge is 0.0594 e. The molecule has 10 atom stereocenters. The predicted octanol–water partition coefficient (Wildman–Crippen LogP) is 7.00. The highest BCUT2D eigenvalue weighted by Gasteiger charge is 2.70. The number of aliphatic hydroxyl groups is 2. The molecule has 0 amide bonds. The van der Waals surface area contributed by atoms with Crippen LogP contribution >= 0.6 is 0 Å². The van der Waals surface area contributed by atoms with Gasteiger partial charge in [0.25, 0.3) is 0 Å². The Kier molecular flexibility index (Phi) is 5.19. The Hall–Kier alpha value is -0.340. The summed E-state index contributed by atoms with van der Waals surface area (Å²) in [5.41, 5.74) is 2.79. The third kappa shape index (κ3) is 2.66. The van der Waals surface area contributed by atoms with E-state index in [-0.39, 0.29) is 16.9 Å². The summed E-state index contributed by atoms with van der Waals surface area (Å²) in [7, 11) is 0. The van der Waals surface area contributed by atoms with Crippen molar-refractivity contribution in [1.82, 2.24) is 0 Å².